The molecule has 278 valence electrons. The highest BCUT2D eigenvalue weighted by Crippen LogP contribution is 2.15. The first-order chi connectivity index (χ1) is 22.9. The maximum atomic E-state index is 12.5. The van der Waals surface area contributed by atoms with Crippen molar-refractivity contribution in [2.45, 2.75) is 226 Å². The lowest BCUT2D eigenvalue weighted by Crippen LogP contribution is -2.30. The van der Waals surface area contributed by atoms with Gasteiger partial charge in [-0.15, -0.1) is 0 Å². The van der Waals surface area contributed by atoms with Gasteiger partial charge in [-0.1, -0.05) is 182 Å². The Morgan fingerprint density at radius 1 is 0.404 bits per heavy atom. The van der Waals surface area contributed by atoms with Gasteiger partial charge in [0, 0.05) is 19.3 Å². The predicted molar refractivity (Wildman–Crippen MR) is 196 cm³/mol. The molecule has 1 atom stereocenters. The van der Waals surface area contributed by atoms with E-state index in [4.69, 9.17) is 14.2 Å². The van der Waals surface area contributed by atoms with Crippen LogP contribution in [0.3, 0.4) is 0 Å². The molecule has 0 aliphatic carbocycles. The highest BCUT2D eigenvalue weighted by molar-refractivity contribution is 5.71. The third-order valence-electron chi connectivity index (χ3n) is 9.04. The normalized spacial score (nSPS) is 11.9. The fourth-order valence-corrected chi connectivity index (χ4v) is 5.92. The van der Waals surface area contributed by atoms with Crippen LogP contribution in [0.4, 0.5) is 0 Å². The fourth-order valence-electron chi connectivity index (χ4n) is 5.92. The van der Waals surface area contributed by atoms with Crippen LogP contribution in [0.2, 0.25) is 0 Å². The van der Waals surface area contributed by atoms with E-state index in [1.807, 2.05) is 0 Å². The minimum atomic E-state index is -0.756. The Bertz CT molecular complexity index is 706. The third-order valence-corrected chi connectivity index (χ3v) is 9.04. The Morgan fingerprint density at radius 3 is 1.04 bits per heavy atom. The smallest absolute Gasteiger partial charge is 0.306 e. The SMILES string of the molecule is CCCCCCCCCCCCCCCC(=O)OC[C@@H](COC(=O)CCCCCCCCCCC(C)C)OC(=O)CCCCCCC. The summed E-state index contributed by atoms with van der Waals surface area (Å²) in [6, 6.07) is 0. The van der Waals surface area contributed by atoms with Crippen molar-refractivity contribution in [1.29, 1.82) is 0 Å². The number of rotatable bonds is 36. The van der Waals surface area contributed by atoms with Crippen LogP contribution in [0.5, 0.6) is 0 Å². The van der Waals surface area contributed by atoms with E-state index in [1.54, 1.807) is 0 Å². The van der Waals surface area contributed by atoms with Crippen LogP contribution in [0, 0.1) is 5.92 Å². The third kappa shape index (κ3) is 35.5. The Morgan fingerprint density at radius 2 is 0.702 bits per heavy atom. The second-order valence-electron chi connectivity index (χ2n) is 14.4. The van der Waals surface area contributed by atoms with Gasteiger partial charge in [0.05, 0.1) is 0 Å². The second-order valence-corrected chi connectivity index (χ2v) is 14.4. The van der Waals surface area contributed by atoms with Crippen LogP contribution in [0.25, 0.3) is 0 Å². The highest BCUT2D eigenvalue weighted by atomic mass is 16.6. The Kier molecular flexibility index (Phi) is 34.5. The number of hydrogen-bond acceptors (Lipinski definition) is 6. The minimum Gasteiger partial charge on any atom is -0.462 e. The van der Waals surface area contributed by atoms with Crippen molar-refractivity contribution in [3.8, 4) is 0 Å². The van der Waals surface area contributed by atoms with Crippen LogP contribution in [-0.4, -0.2) is 37.2 Å². The summed E-state index contributed by atoms with van der Waals surface area (Å²) in [6.07, 6.45) is 32.6. The number of carbonyl (C=O) groups is 3. The molecule has 0 unspecified atom stereocenters. The molecular formula is C41H78O6. The number of carbonyl (C=O) groups excluding carboxylic acids is 3. The number of ether oxygens (including phenoxy) is 3. The lowest BCUT2D eigenvalue weighted by Gasteiger charge is -2.18. The molecule has 0 spiro atoms. The first-order valence-electron chi connectivity index (χ1n) is 20.4. The molecule has 0 aromatic carbocycles. The van der Waals surface area contributed by atoms with Gasteiger partial charge in [0.25, 0.3) is 0 Å². The molecule has 6 heteroatoms. The summed E-state index contributed by atoms with van der Waals surface area (Å²) in [7, 11) is 0. The number of unbranched alkanes of at least 4 members (excludes halogenated alkanes) is 23. The molecule has 0 aliphatic heterocycles. The Balaban J connectivity index is 4.20. The van der Waals surface area contributed by atoms with Gasteiger partial charge in [-0.05, 0) is 25.2 Å². The molecule has 0 saturated carbocycles. The van der Waals surface area contributed by atoms with Gasteiger partial charge in [-0.3, -0.25) is 14.4 Å². The first-order valence-corrected chi connectivity index (χ1v) is 20.4. The van der Waals surface area contributed by atoms with E-state index in [0.717, 1.165) is 70.1 Å². The highest BCUT2D eigenvalue weighted by Gasteiger charge is 2.19. The van der Waals surface area contributed by atoms with Gasteiger partial charge in [0.1, 0.15) is 13.2 Å². The molecule has 0 radical (unpaired) electrons. The van der Waals surface area contributed by atoms with E-state index in [2.05, 4.69) is 27.7 Å². The van der Waals surface area contributed by atoms with Crippen LogP contribution in [-0.2, 0) is 28.6 Å². The Hall–Kier alpha value is -1.59. The predicted octanol–water partition coefficient (Wildman–Crippen LogP) is 12.4. The summed E-state index contributed by atoms with van der Waals surface area (Å²) in [4.78, 5) is 37.3. The summed E-state index contributed by atoms with van der Waals surface area (Å²) in [5, 5.41) is 0. The molecule has 0 aromatic heterocycles. The molecule has 0 saturated heterocycles. The maximum Gasteiger partial charge on any atom is 0.306 e. The van der Waals surface area contributed by atoms with Crippen LogP contribution < -0.4 is 0 Å². The van der Waals surface area contributed by atoms with E-state index in [-0.39, 0.29) is 31.1 Å². The summed E-state index contributed by atoms with van der Waals surface area (Å²) in [6.45, 7) is 8.86. The van der Waals surface area contributed by atoms with Crippen LogP contribution in [0.15, 0.2) is 0 Å². The molecule has 0 aliphatic rings. The van der Waals surface area contributed by atoms with Gasteiger partial charge in [-0.25, -0.2) is 0 Å². The molecule has 6 nitrogen and oxygen atoms in total. The average molecular weight is 667 g/mol. The summed E-state index contributed by atoms with van der Waals surface area (Å²) in [5.74, 6) is -0.0805. The molecule has 0 rings (SSSR count). The van der Waals surface area contributed by atoms with Crippen molar-refractivity contribution < 1.29 is 28.6 Å². The van der Waals surface area contributed by atoms with Crippen LogP contribution in [0.1, 0.15) is 220 Å². The van der Waals surface area contributed by atoms with Gasteiger partial charge < -0.3 is 14.2 Å². The number of hydrogen-bond donors (Lipinski definition) is 0. The van der Waals surface area contributed by atoms with E-state index < -0.39 is 6.10 Å². The first kappa shape index (κ1) is 45.4. The van der Waals surface area contributed by atoms with E-state index in [1.165, 1.54) is 109 Å². The maximum absolute atomic E-state index is 12.5. The standard InChI is InChI=1S/C41H78O6/c1-5-7-9-11-12-13-14-15-16-17-21-25-28-32-39(42)45-35-38(47-41(44)34-30-23-10-8-6-2)36-46-40(43)33-29-26-22-19-18-20-24-27-31-37(3)4/h37-38H,5-36H2,1-4H3/t38-/m0/s1. The molecule has 0 aromatic rings. The van der Waals surface area contributed by atoms with E-state index in [0.29, 0.717) is 19.3 Å². The Labute approximate surface area is 291 Å². The summed E-state index contributed by atoms with van der Waals surface area (Å²) in [5.41, 5.74) is 0. The largest absolute Gasteiger partial charge is 0.462 e. The lowest BCUT2D eigenvalue weighted by atomic mass is 10.0. The molecule has 0 N–H and O–H groups in total. The van der Waals surface area contributed by atoms with E-state index >= 15 is 0 Å². The molecule has 0 fully saturated rings. The fraction of sp³-hybridized carbons (Fsp3) is 0.927. The van der Waals surface area contributed by atoms with Gasteiger partial charge in [0.15, 0.2) is 6.10 Å². The van der Waals surface area contributed by atoms with Crippen molar-refractivity contribution in [3.05, 3.63) is 0 Å². The molecule has 0 heterocycles. The summed E-state index contributed by atoms with van der Waals surface area (Å²) < 4.78 is 16.5. The quantitative estimate of drug-likeness (QED) is 0.0376. The molecular weight excluding hydrogens is 588 g/mol. The lowest BCUT2D eigenvalue weighted by molar-refractivity contribution is -0.167. The van der Waals surface area contributed by atoms with Crippen molar-refractivity contribution >= 4 is 17.9 Å². The van der Waals surface area contributed by atoms with Crippen molar-refractivity contribution in [2.24, 2.45) is 5.92 Å². The molecule has 0 amide bonds. The second kappa shape index (κ2) is 35.7. The van der Waals surface area contributed by atoms with Gasteiger partial charge in [-0.2, -0.15) is 0 Å². The van der Waals surface area contributed by atoms with Crippen molar-refractivity contribution in [3.63, 3.8) is 0 Å². The van der Waals surface area contributed by atoms with Gasteiger partial charge in [0.2, 0.25) is 0 Å². The zero-order valence-electron chi connectivity index (χ0n) is 31.7. The zero-order chi connectivity index (χ0) is 34.6. The molecule has 47 heavy (non-hydrogen) atoms. The number of esters is 3. The van der Waals surface area contributed by atoms with Crippen LogP contribution >= 0.6 is 0 Å². The average Bonchev–Trinajstić information content (AvgIpc) is 3.05. The minimum absolute atomic E-state index is 0.0662. The molecule has 0 bridgehead atoms. The summed E-state index contributed by atoms with van der Waals surface area (Å²) >= 11 is 0. The monoisotopic (exact) mass is 667 g/mol. The van der Waals surface area contributed by atoms with Crippen molar-refractivity contribution in [1.82, 2.24) is 0 Å². The van der Waals surface area contributed by atoms with Crippen molar-refractivity contribution in [2.75, 3.05) is 13.2 Å². The zero-order valence-corrected chi connectivity index (χ0v) is 31.7. The topological polar surface area (TPSA) is 78.9 Å². The van der Waals surface area contributed by atoms with E-state index in [9.17, 15) is 14.4 Å². The van der Waals surface area contributed by atoms with Gasteiger partial charge >= 0.3 is 17.9 Å².